The lowest BCUT2D eigenvalue weighted by atomic mass is 9.80. The molecule has 1 aliphatic heterocycles. The molecule has 0 aromatic heterocycles. The van der Waals surface area contributed by atoms with E-state index in [2.05, 4.69) is 11.4 Å². The lowest BCUT2D eigenvalue weighted by Crippen LogP contribution is -2.51. The summed E-state index contributed by atoms with van der Waals surface area (Å²) in [6.45, 7) is 3.66. The van der Waals surface area contributed by atoms with Crippen LogP contribution >= 0.6 is 12.2 Å². The molecule has 2 N–H and O–H groups in total. The average Bonchev–Trinajstić information content (AvgIpc) is 2.56. The Balaban J connectivity index is 2.01. The van der Waals surface area contributed by atoms with Crippen molar-refractivity contribution in [2.75, 3.05) is 5.32 Å². The summed E-state index contributed by atoms with van der Waals surface area (Å²) in [6, 6.07) is 16.9. The normalized spacial score (nSPS) is 21.1. The predicted octanol–water partition coefficient (Wildman–Crippen LogP) is 3.61. The van der Waals surface area contributed by atoms with Gasteiger partial charge in [0.1, 0.15) is 17.5 Å². The van der Waals surface area contributed by atoms with Gasteiger partial charge in [-0.25, -0.2) is 0 Å². The van der Waals surface area contributed by atoms with Gasteiger partial charge in [0.05, 0.1) is 22.5 Å². The third kappa shape index (κ3) is 2.99. The number of hydrogen-bond acceptors (Lipinski definition) is 4. The fourth-order valence-corrected chi connectivity index (χ4v) is 3.27. The van der Waals surface area contributed by atoms with Gasteiger partial charge in [-0.3, -0.25) is 0 Å². The molecule has 4 nitrogen and oxygen atoms in total. The molecule has 2 aromatic carbocycles. The molecule has 2 aromatic rings. The Morgan fingerprint density at radius 3 is 2.62 bits per heavy atom. The van der Waals surface area contributed by atoms with E-state index in [-0.39, 0.29) is 0 Å². The van der Waals surface area contributed by atoms with Gasteiger partial charge in [0, 0.05) is 11.3 Å². The minimum Gasteiger partial charge on any atom is -0.485 e. The summed E-state index contributed by atoms with van der Waals surface area (Å²) in [7, 11) is 0. The number of fused-ring (bicyclic) bond motifs is 1. The smallest absolute Gasteiger partial charge is 0.130 e. The van der Waals surface area contributed by atoms with E-state index in [0.29, 0.717) is 16.3 Å². The van der Waals surface area contributed by atoms with Crippen molar-refractivity contribution in [2.24, 2.45) is 0 Å². The number of nitriles is 1. The number of rotatable bonds is 2. The molecule has 0 radical (unpaired) electrons. The van der Waals surface area contributed by atoms with Gasteiger partial charge in [-0.15, -0.1) is 0 Å². The molecule has 0 unspecified atom stereocenters. The number of thiocarbonyl (C=S) groups is 1. The van der Waals surface area contributed by atoms with Crippen molar-refractivity contribution < 1.29 is 9.84 Å². The Hall–Kier alpha value is -2.42. The maximum Gasteiger partial charge on any atom is 0.130 e. The van der Waals surface area contributed by atoms with E-state index >= 15 is 0 Å². The summed E-state index contributed by atoms with van der Waals surface area (Å²) in [4.78, 5) is 0.501. The van der Waals surface area contributed by atoms with E-state index in [1.807, 2.05) is 44.2 Å². The fraction of sp³-hybridized carbons (Fsp3) is 0.263. The summed E-state index contributed by atoms with van der Waals surface area (Å²) in [5.74, 6) is 0.193. The number of aliphatic hydroxyl groups excluding tert-OH is 1. The van der Waals surface area contributed by atoms with Crippen LogP contribution in [0.15, 0.2) is 48.5 Å². The van der Waals surface area contributed by atoms with Gasteiger partial charge in [-0.2, -0.15) is 5.26 Å². The zero-order valence-corrected chi connectivity index (χ0v) is 14.3. The zero-order chi connectivity index (χ0) is 17.3. The number of anilines is 1. The molecule has 0 saturated carbocycles. The maximum absolute atomic E-state index is 10.8. The van der Waals surface area contributed by atoms with Crippen molar-refractivity contribution in [1.82, 2.24) is 0 Å². The number of nitrogens with zero attached hydrogens (tertiary/aromatic N) is 1. The van der Waals surface area contributed by atoms with E-state index in [4.69, 9.17) is 22.2 Å². The monoisotopic (exact) mass is 338 g/mol. The first-order chi connectivity index (χ1) is 11.4. The highest BCUT2D eigenvalue weighted by molar-refractivity contribution is 7.80. The van der Waals surface area contributed by atoms with Crippen LogP contribution in [-0.2, 0) is 0 Å². The molecule has 2 atom stereocenters. The lowest BCUT2D eigenvalue weighted by molar-refractivity contribution is -0.0463. The largest absolute Gasteiger partial charge is 0.485 e. The quantitative estimate of drug-likeness (QED) is 0.819. The van der Waals surface area contributed by atoms with Gasteiger partial charge >= 0.3 is 0 Å². The number of ether oxygens (including phenoxy) is 1. The van der Waals surface area contributed by atoms with E-state index in [0.717, 1.165) is 11.3 Å². The predicted molar refractivity (Wildman–Crippen MR) is 97.3 cm³/mol. The standard InChI is InChI=1S/C19H18N2O2S/c1-19(2)17(22)16(18(24)21-13-6-4-3-5-7-13)14-10-12(11-20)8-9-15(14)23-19/h3-10,16-17,22H,1-2H3,(H,21,24)/t16-,17-/m0/s1. The molecule has 0 saturated heterocycles. The van der Waals surface area contributed by atoms with Crippen LogP contribution in [0.2, 0.25) is 0 Å². The molecular formula is C19H18N2O2S. The van der Waals surface area contributed by atoms with E-state index in [9.17, 15) is 5.11 Å². The van der Waals surface area contributed by atoms with Crippen molar-refractivity contribution in [1.29, 1.82) is 5.26 Å². The lowest BCUT2D eigenvalue weighted by Gasteiger charge is -2.42. The van der Waals surface area contributed by atoms with Crippen molar-refractivity contribution in [3.8, 4) is 11.8 Å². The Labute approximate surface area is 146 Å². The second kappa shape index (κ2) is 6.23. The summed E-state index contributed by atoms with van der Waals surface area (Å²) >= 11 is 5.58. The second-order valence-electron chi connectivity index (χ2n) is 6.35. The molecule has 0 fully saturated rings. The first-order valence-electron chi connectivity index (χ1n) is 7.69. The Kier molecular flexibility index (Phi) is 4.27. The Morgan fingerprint density at radius 2 is 1.96 bits per heavy atom. The Bertz CT molecular complexity index is 812. The minimum absolute atomic E-state index is 0.452. The van der Waals surface area contributed by atoms with Crippen LogP contribution in [0.4, 0.5) is 5.69 Å². The maximum atomic E-state index is 10.8. The molecule has 0 amide bonds. The number of nitrogens with one attached hydrogen (secondary N) is 1. The van der Waals surface area contributed by atoms with Gasteiger partial charge in [0.2, 0.25) is 0 Å². The molecular weight excluding hydrogens is 320 g/mol. The third-order valence-electron chi connectivity index (χ3n) is 4.20. The summed E-state index contributed by atoms with van der Waals surface area (Å²) < 4.78 is 5.91. The second-order valence-corrected chi connectivity index (χ2v) is 6.79. The van der Waals surface area contributed by atoms with Crippen molar-refractivity contribution in [3.05, 3.63) is 59.7 Å². The highest BCUT2D eigenvalue weighted by Crippen LogP contribution is 2.42. The van der Waals surface area contributed by atoms with E-state index < -0.39 is 17.6 Å². The van der Waals surface area contributed by atoms with Crippen LogP contribution in [0.3, 0.4) is 0 Å². The van der Waals surface area contributed by atoms with Crippen molar-refractivity contribution >= 4 is 22.9 Å². The van der Waals surface area contributed by atoms with Gasteiger partial charge in [-0.1, -0.05) is 30.4 Å². The van der Waals surface area contributed by atoms with Crippen LogP contribution in [0.1, 0.15) is 30.9 Å². The minimum atomic E-state index is -0.831. The molecule has 1 heterocycles. The van der Waals surface area contributed by atoms with Crippen molar-refractivity contribution in [2.45, 2.75) is 31.5 Å². The van der Waals surface area contributed by atoms with E-state index in [1.165, 1.54) is 0 Å². The topological polar surface area (TPSA) is 65.3 Å². The fourth-order valence-electron chi connectivity index (χ4n) is 2.90. The highest BCUT2D eigenvalue weighted by Gasteiger charge is 2.44. The molecule has 3 rings (SSSR count). The Morgan fingerprint density at radius 1 is 1.25 bits per heavy atom. The number of hydrogen-bond donors (Lipinski definition) is 2. The van der Waals surface area contributed by atoms with Crippen LogP contribution in [0, 0.1) is 11.3 Å². The van der Waals surface area contributed by atoms with Crippen LogP contribution in [0.5, 0.6) is 5.75 Å². The molecule has 0 bridgehead atoms. The summed E-state index contributed by atoms with van der Waals surface area (Å²) in [6.07, 6.45) is -0.831. The van der Waals surface area contributed by atoms with Crippen LogP contribution in [0.25, 0.3) is 0 Å². The van der Waals surface area contributed by atoms with Gasteiger partial charge in [-0.05, 0) is 44.2 Å². The number of aliphatic hydroxyl groups is 1. The first-order valence-corrected chi connectivity index (χ1v) is 8.10. The van der Waals surface area contributed by atoms with E-state index in [1.54, 1.807) is 18.2 Å². The average molecular weight is 338 g/mol. The van der Waals surface area contributed by atoms with Gasteiger partial charge in [0.25, 0.3) is 0 Å². The molecule has 0 aliphatic carbocycles. The molecule has 0 spiro atoms. The van der Waals surface area contributed by atoms with Crippen LogP contribution < -0.4 is 10.1 Å². The van der Waals surface area contributed by atoms with Crippen LogP contribution in [-0.4, -0.2) is 21.8 Å². The number of benzene rings is 2. The zero-order valence-electron chi connectivity index (χ0n) is 13.5. The van der Waals surface area contributed by atoms with Gasteiger partial charge < -0.3 is 15.2 Å². The first kappa shape index (κ1) is 16.4. The van der Waals surface area contributed by atoms with Crippen molar-refractivity contribution in [3.63, 3.8) is 0 Å². The molecule has 5 heteroatoms. The molecule has 122 valence electrons. The summed E-state index contributed by atoms with van der Waals surface area (Å²) in [5.41, 5.74) is 1.32. The molecule has 1 aliphatic rings. The summed E-state index contributed by atoms with van der Waals surface area (Å²) in [5, 5.41) is 23.2. The van der Waals surface area contributed by atoms with Gasteiger partial charge in [0.15, 0.2) is 0 Å². The SMILES string of the molecule is CC1(C)Oc2ccc(C#N)cc2[C@H](C(=S)Nc2ccccc2)[C@@H]1O. The molecule has 24 heavy (non-hydrogen) atoms. The third-order valence-corrected chi connectivity index (χ3v) is 4.55. The highest BCUT2D eigenvalue weighted by atomic mass is 32.1. The number of para-hydroxylation sites is 1.